The van der Waals surface area contributed by atoms with Gasteiger partial charge in [0.25, 0.3) is 0 Å². The van der Waals surface area contributed by atoms with Gasteiger partial charge in [0.2, 0.25) is 0 Å². The van der Waals surface area contributed by atoms with Crippen LogP contribution in [0.1, 0.15) is 59.8 Å². The van der Waals surface area contributed by atoms with Gasteiger partial charge in [-0.3, -0.25) is 4.79 Å². The molecule has 2 fully saturated rings. The summed E-state index contributed by atoms with van der Waals surface area (Å²) in [6.45, 7) is 8.94. The molecule has 0 radical (unpaired) electrons. The first-order chi connectivity index (χ1) is 7.45. The van der Waals surface area contributed by atoms with Crippen LogP contribution in [0.15, 0.2) is 11.6 Å². The number of unbranched alkanes of at least 4 members (excludes halogenated alkanes) is 2. The number of rotatable bonds is 3. The number of ketones is 1. The molecule has 2 bridgehead atoms. The maximum Gasteiger partial charge on any atom is 0.165 e. The van der Waals surface area contributed by atoms with Crippen molar-refractivity contribution in [3.8, 4) is 0 Å². The van der Waals surface area contributed by atoms with E-state index in [1.54, 1.807) is 0 Å². The predicted molar refractivity (Wildman–Crippen MR) is 67.2 cm³/mol. The quantitative estimate of drug-likeness (QED) is 0.516. The van der Waals surface area contributed by atoms with E-state index in [4.69, 9.17) is 0 Å². The van der Waals surface area contributed by atoms with E-state index < -0.39 is 0 Å². The Bertz CT molecular complexity index is 337. The highest BCUT2D eigenvalue weighted by Crippen LogP contribution is 2.65. The maximum absolute atomic E-state index is 12.4. The first-order valence-electron chi connectivity index (χ1n) is 6.70. The molecule has 1 nitrogen and oxygen atoms in total. The predicted octanol–water partition coefficient (Wildman–Crippen LogP) is 4.13. The molecule has 2 aliphatic carbocycles. The molecule has 2 rings (SSSR count). The van der Waals surface area contributed by atoms with Crippen LogP contribution < -0.4 is 0 Å². The summed E-state index contributed by atoms with van der Waals surface area (Å²) >= 11 is 0. The number of allylic oxidation sites excluding steroid dienone is 2. The molecule has 16 heavy (non-hydrogen) atoms. The highest BCUT2D eigenvalue weighted by Gasteiger charge is 2.63. The summed E-state index contributed by atoms with van der Waals surface area (Å²) in [5, 5.41) is 0. The lowest BCUT2D eigenvalue weighted by Crippen LogP contribution is -2.32. The number of carbonyl (C=O) groups is 1. The van der Waals surface area contributed by atoms with Crippen molar-refractivity contribution in [2.75, 3.05) is 0 Å². The number of fused-ring (bicyclic) bond motifs is 2. The Hall–Kier alpha value is -0.590. The molecule has 0 aromatic heterocycles. The Morgan fingerprint density at radius 2 is 2.06 bits per heavy atom. The smallest absolute Gasteiger partial charge is 0.165 e. The van der Waals surface area contributed by atoms with Gasteiger partial charge in [-0.15, -0.1) is 0 Å². The molecule has 90 valence electrons. The Kier molecular flexibility index (Phi) is 2.76. The fourth-order valence-corrected chi connectivity index (χ4v) is 3.62. The third kappa shape index (κ3) is 1.33. The summed E-state index contributed by atoms with van der Waals surface area (Å²) in [7, 11) is 0. The average molecular weight is 220 g/mol. The maximum atomic E-state index is 12.4. The van der Waals surface area contributed by atoms with Gasteiger partial charge in [0.15, 0.2) is 5.78 Å². The van der Waals surface area contributed by atoms with Gasteiger partial charge in [-0.1, -0.05) is 46.6 Å². The lowest BCUT2D eigenvalue weighted by Gasteiger charge is -2.31. The molecular formula is C15H24O. The van der Waals surface area contributed by atoms with Gasteiger partial charge >= 0.3 is 0 Å². The van der Waals surface area contributed by atoms with Crippen LogP contribution in [-0.2, 0) is 4.79 Å². The number of hydrogen-bond acceptors (Lipinski definition) is 1. The van der Waals surface area contributed by atoms with Crippen molar-refractivity contribution < 1.29 is 4.79 Å². The minimum absolute atomic E-state index is 0.0737. The van der Waals surface area contributed by atoms with Gasteiger partial charge in [0, 0.05) is 5.41 Å². The van der Waals surface area contributed by atoms with E-state index in [0.29, 0.717) is 11.7 Å². The highest BCUT2D eigenvalue weighted by molar-refractivity contribution is 6.04. The Balaban J connectivity index is 2.26. The van der Waals surface area contributed by atoms with Crippen LogP contribution in [0.2, 0.25) is 0 Å². The van der Waals surface area contributed by atoms with Crippen LogP contribution in [-0.4, -0.2) is 5.78 Å². The summed E-state index contributed by atoms with van der Waals surface area (Å²) in [5.41, 5.74) is 1.27. The van der Waals surface area contributed by atoms with Crippen molar-refractivity contribution in [3.05, 3.63) is 11.6 Å². The van der Waals surface area contributed by atoms with E-state index in [2.05, 4.69) is 33.8 Å². The monoisotopic (exact) mass is 220 g/mol. The first kappa shape index (κ1) is 11.9. The Labute approximate surface area is 99.3 Å². The molecule has 0 aromatic rings. The molecule has 2 atom stereocenters. The molecule has 2 aliphatic rings. The van der Waals surface area contributed by atoms with Crippen molar-refractivity contribution >= 4 is 5.78 Å². The van der Waals surface area contributed by atoms with E-state index in [-0.39, 0.29) is 10.8 Å². The highest BCUT2D eigenvalue weighted by atomic mass is 16.1. The van der Waals surface area contributed by atoms with Gasteiger partial charge in [-0.25, -0.2) is 0 Å². The third-order valence-corrected chi connectivity index (χ3v) is 5.29. The van der Waals surface area contributed by atoms with Crippen LogP contribution in [0.4, 0.5) is 0 Å². The minimum Gasteiger partial charge on any atom is -0.294 e. The zero-order valence-corrected chi connectivity index (χ0v) is 11.1. The Morgan fingerprint density at radius 3 is 2.56 bits per heavy atom. The van der Waals surface area contributed by atoms with Crippen LogP contribution in [0.3, 0.4) is 0 Å². The largest absolute Gasteiger partial charge is 0.294 e. The standard InChI is InChI=1S/C15H24O/c1-5-6-7-8-11-12-9-10-15(4,13(11)16)14(12,2)3/h8,12H,5-7,9-10H2,1-4H3/b11-8-/t12-,15-/m1/s1. The molecule has 0 spiro atoms. The molecule has 0 N–H and O–H groups in total. The topological polar surface area (TPSA) is 17.1 Å². The van der Waals surface area contributed by atoms with Crippen molar-refractivity contribution in [1.82, 2.24) is 0 Å². The van der Waals surface area contributed by atoms with Crippen molar-refractivity contribution in [2.24, 2.45) is 16.7 Å². The van der Waals surface area contributed by atoms with Crippen LogP contribution in [0.5, 0.6) is 0 Å². The zero-order chi connectivity index (χ0) is 12.0. The molecule has 0 amide bonds. The summed E-state index contributed by atoms with van der Waals surface area (Å²) in [5.74, 6) is 0.978. The van der Waals surface area contributed by atoms with Gasteiger partial charge in [0.05, 0.1) is 0 Å². The van der Waals surface area contributed by atoms with E-state index >= 15 is 0 Å². The summed E-state index contributed by atoms with van der Waals surface area (Å²) in [4.78, 5) is 12.4. The second-order valence-electron chi connectivity index (χ2n) is 6.28. The van der Waals surface area contributed by atoms with Gasteiger partial charge in [0.1, 0.15) is 0 Å². The number of carbonyl (C=O) groups excluding carboxylic acids is 1. The first-order valence-corrected chi connectivity index (χ1v) is 6.70. The van der Waals surface area contributed by atoms with Gasteiger partial charge in [-0.2, -0.15) is 0 Å². The number of hydrogen-bond donors (Lipinski definition) is 0. The van der Waals surface area contributed by atoms with Crippen molar-refractivity contribution in [3.63, 3.8) is 0 Å². The molecular weight excluding hydrogens is 196 g/mol. The van der Waals surface area contributed by atoms with Crippen LogP contribution in [0.25, 0.3) is 0 Å². The molecule has 0 heterocycles. The lowest BCUT2D eigenvalue weighted by atomic mass is 9.70. The van der Waals surface area contributed by atoms with Crippen molar-refractivity contribution in [2.45, 2.75) is 59.8 Å². The molecule has 0 aromatic carbocycles. The summed E-state index contributed by atoms with van der Waals surface area (Å²) < 4.78 is 0. The average Bonchev–Trinajstić information content (AvgIpc) is 2.53. The summed E-state index contributed by atoms with van der Waals surface area (Å²) in [6.07, 6.45) is 8.05. The third-order valence-electron chi connectivity index (χ3n) is 5.29. The molecule has 0 unspecified atom stereocenters. The van der Waals surface area contributed by atoms with E-state index in [1.807, 2.05) is 0 Å². The van der Waals surface area contributed by atoms with Crippen molar-refractivity contribution in [1.29, 1.82) is 0 Å². The SMILES string of the molecule is CCCC/C=C1\C(=O)[C@@]2(C)CC[C@H]1C2(C)C. The van der Waals surface area contributed by atoms with Gasteiger partial charge in [-0.05, 0) is 36.2 Å². The normalized spacial score (nSPS) is 38.6. The van der Waals surface area contributed by atoms with Crippen LogP contribution >= 0.6 is 0 Å². The fraction of sp³-hybridized carbons (Fsp3) is 0.800. The summed E-state index contributed by atoms with van der Waals surface area (Å²) in [6, 6.07) is 0. The second kappa shape index (κ2) is 3.72. The van der Waals surface area contributed by atoms with E-state index in [9.17, 15) is 4.79 Å². The van der Waals surface area contributed by atoms with E-state index in [1.165, 1.54) is 19.3 Å². The van der Waals surface area contributed by atoms with E-state index in [0.717, 1.165) is 18.4 Å². The van der Waals surface area contributed by atoms with Gasteiger partial charge < -0.3 is 0 Å². The molecule has 1 heteroatoms. The second-order valence-corrected chi connectivity index (χ2v) is 6.28. The minimum atomic E-state index is -0.0737. The zero-order valence-electron chi connectivity index (χ0n) is 11.1. The molecule has 0 aliphatic heterocycles. The number of Topliss-reactive ketones (excluding diaryl/α,β-unsaturated/α-hetero) is 1. The fourth-order valence-electron chi connectivity index (χ4n) is 3.62. The lowest BCUT2D eigenvalue weighted by molar-refractivity contribution is -0.125. The van der Waals surface area contributed by atoms with Crippen LogP contribution in [0, 0.1) is 16.7 Å². The molecule has 0 saturated heterocycles. The Morgan fingerprint density at radius 1 is 1.38 bits per heavy atom. The molecule has 2 saturated carbocycles.